The van der Waals surface area contributed by atoms with Crippen molar-refractivity contribution in [1.29, 1.82) is 0 Å². The van der Waals surface area contributed by atoms with Crippen LogP contribution >= 0.6 is 0 Å². The van der Waals surface area contributed by atoms with Crippen LogP contribution in [0.25, 0.3) is 0 Å². The lowest BCUT2D eigenvalue weighted by atomic mass is 10.1. The summed E-state index contributed by atoms with van der Waals surface area (Å²) in [5.41, 5.74) is 7.52. The van der Waals surface area contributed by atoms with E-state index in [1.807, 2.05) is 12.1 Å². The Morgan fingerprint density at radius 3 is 2.78 bits per heavy atom. The number of rotatable bonds is 2. The zero-order chi connectivity index (χ0) is 13.3. The van der Waals surface area contributed by atoms with Gasteiger partial charge in [-0.1, -0.05) is 6.92 Å². The van der Waals surface area contributed by atoms with Crippen LogP contribution in [0.5, 0.6) is 0 Å². The van der Waals surface area contributed by atoms with Crippen molar-refractivity contribution in [1.82, 2.24) is 9.88 Å². The Morgan fingerprint density at radius 2 is 2.22 bits per heavy atom. The minimum absolute atomic E-state index is 0.0756. The highest BCUT2D eigenvalue weighted by Crippen LogP contribution is 2.23. The normalized spacial score (nSPS) is 23.2. The molecule has 5 nitrogen and oxygen atoms in total. The summed E-state index contributed by atoms with van der Waals surface area (Å²) >= 11 is 0. The molecule has 2 unspecified atom stereocenters. The van der Waals surface area contributed by atoms with Crippen LogP contribution in [0.2, 0.25) is 0 Å². The van der Waals surface area contributed by atoms with Gasteiger partial charge in [0.05, 0.1) is 0 Å². The highest BCUT2D eigenvalue weighted by molar-refractivity contribution is 5.92. The lowest BCUT2D eigenvalue weighted by Crippen LogP contribution is -2.28. The smallest absolute Gasteiger partial charge is 0.272 e. The van der Waals surface area contributed by atoms with E-state index < -0.39 is 0 Å². The third kappa shape index (κ3) is 2.46. The van der Waals surface area contributed by atoms with Crippen LogP contribution in [-0.2, 0) is 0 Å². The minimum Gasteiger partial charge on any atom is -0.370 e. The average Bonchev–Trinajstić information content (AvgIpc) is 2.69. The molecule has 2 N–H and O–H groups in total. The van der Waals surface area contributed by atoms with Gasteiger partial charge < -0.3 is 15.5 Å². The van der Waals surface area contributed by atoms with Crippen molar-refractivity contribution in [2.45, 2.75) is 13.0 Å². The Morgan fingerprint density at radius 1 is 1.50 bits per heavy atom. The summed E-state index contributed by atoms with van der Waals surface area (Å²) in [7, 11) is 3.45. The molecule has 1 aromatic heterocycles. The number of aromatic nitrogens is 1. The molecule has 0 radical (unpaired) electrons. The summed E-state index contributed by atoms with van der Waals surface area (Å²) in [6, 6.07) is 3.97. The van der Waals surface area contributed by atoms with Crippen LogP contribution in [0, 0.1) is 5.92 Å². The van der Waals surface area contributed by atoms with Gasteiger partial charge in [0.1, 0.15) is 5.69 Å². The molecule has 5 heteroatoms. The first-order valence-corrected chi connectivity index (χ1v) is 6.17. The van der Waals surface area contributed by atoms with Gasteiger partial charge in [-0.3, -0.25) is 9.78 Å². The van der Waals surface area contributed by atoms with E-state index in [4.69, 9.17) is 5.73 Å². The zero-order valence-corrected chi connectivity index (χ0v) is 11.1. The second-order valence-corrected chi connectivity index (χ2v) is 5.14. The molecule has 1 aliphatic heterocycles. The van der Waals surface area contributed by atoms with Crippen LogP contribution in [-0.4, -0.2) is 49.0 Å². The first kappa shape index (κ1) is 12.8. The average molecular weight is 248 g/mol. The summed E-state index contributed by atoms with van der Waals surface area (Å²) in [5.74, 6) is 0.402. The van der Waals surface area contributed by atoms with Gasteiger partial charge in [-0.2, -0.15) is 0 Å². The second-order valence-electron chi connectivity index (χ2n) is 5.14. The van der Waals surface area contributed by atoms with E-state index in [1.54, 1.807) is 20.3 Å². The maximum Gasteiger partial charge on any atom is 0.272 e. The Hall–Kier alpha value is -1.62. The van der Waals surface area contributed by atoms with E-state index in [0.29, 0.717) is 11.6 Å². The first-order valence-electron chi connectivity index (χ1n) is 6.17. The highest BCUT2D eigenvalue weighted by atomic mass is 16.2. The van der Waals surface area contributed by atoms with E-state index in [1.165, 1.54) is 4.90 Å². The van der Waals surface area contributed by atoms with Gasteiger partial charge in [-0.15, -0.1) is 0 Å². The van der Waals surface area contributed by atoms with Gasteiger partial charge >= 0.3 is 0 Å². The fraction of sp³-hybridized carbons (Fsp3) is 0.538. The van der Waals surface area contributed by atoms with Gasteiger partial charge in [-0.25, -0.2) is 0 Å². The predicted molar refractivity (Wildman–Crippen MR) is 71.6 cm³/mol. The Balaban J connectivity index is 2.20. The topological polar surface area (TPSA) is 62.5 Å². The molecule has 0 aliphatic carbocycles. The van der Waals surface area contributed by atoms with Crippen LogP contribution in [0.4, 0.5) is 5.69 Å². The van der Waals surface area contributed by atoms with E-state index in [9.17, 15) is 4.79 Å². The van der Waals surface area contributed by atoms with Crippen LogP contribution < -0.4 is 10.6 Å². The van der Waals surface area contributed by atoms with E-state index in [2.05, 4.69) is 16.8 Å². The maximum absolute atomic E-state index is 11.9. The zero-order valence-electron chi connectivity index (χ0n) is 11.1. The molecule has 98 valence electrons. The van der Waals surface area contributed by atoms with Crippen molar-refractivity contribution >= 4 is 11.6 Å². The molecule has 1 amide bonds. The summed E-state index contributed by atoms with van der Waals surface area (Å²) < 4.78 is 0. The number of hydrogen-bond acceptors (Lipinski definition) is 4. The Bertz CT molecular complexity index is 436. The van der Waals surface area contributed by atoms with Crippen molar-refractivity contribution in [2.24, 2.45) is 11.7 Å². The minimum atomic E-state index is -0.0756. The summed E-state index contributed by atoms with van der Waals surface area (Å²) in [5, 5.41) is 0. The molecule has 18 heavy (non-hydrogen) atoms. The molecule has 0 aromatic carbocycles. The van der Waals surface area contributed by atoms with Gasteiger partial charge in [-0.05, 0) is 18.1 Å². The third-order valence-electron chi connectivity index (χ3n) is 3.40. The third-order valence-corrected chi connectivity index (χ3v) is 3.40. The number of amides is 1. The predicted octanol–water partition coefficient (Wildman–Crippen LogP) is 0.567. The quantitative estimate of drug-likeness (QED) is 0.831. The molecule has 1 aromatic rings. The van der Waals surface area contributed by atoms with Crippen molar-refractivity contribution in [3.8, 4) is 0 Å². The molecule has 0 spiro atoms. The standard InChI is InChI=1S/C13H20N4O/c1-9-7-17(8-11(9)14)10-4-5-15-12(6-10)13(18)16(2)3/h4-6,9,11H,7-8,14H2,1-3H3. The fourth-order valence-corrected chi connectivity index (χ4v) is 2.16. The molecule has 1 fully saturated rings. The van der Waals surface area contributed by atoms with Crippen molar-refractivity contribution < 1.29 is 4.79 Å². The monoisotopic (exact) mass is 248 g/mol. The first-order chi connectivity index (χ1) is 8.49. The Kier molecular flexibility index (Phi) is 3.52. The lowest BCUT2D eigenvalue weighted by molar-refractivity contribution is 0.0822. The van der Waals surface area contributed by atoms with E-state index >= 15 is 0 Å². The van der Waals surface area contributed by atoms with E-state index in [-0.39, 0.29) is 11.9 Å². The molecule has 2 atom stereocenters. The molecular weight excluding hydrogens is 228 g/mol. The molecule has 0 saturated carbocycles. The van der Waals surface area contributed by atoms with Crippen LogP contribution in [0.15, 0.2) is 18.3 Å². The molecule has 1 saturated heterocycles. The Labute approximate surface area is 108 Å². The van der Waals surface area contributed by atoms with Gasteiger partial charge in [0.15, 0.2) is 0 Å². The van der Waals surface area contributed by atoms with Gasteiger partial charge in [0, 0.05) is 45.1 Å². The molecule has 1 aliphatic rings. The maximum atomic E-state index is 11.9. The number of anilines is 1. The van der Waals surface area contributed by atoms with Crippen LogP contribution in [0.1, 0.15) is 17.4 Å². The summed E-state index contributed by atoms with van der Waals surface area (Å²) in [4.78, 5) is 19.7. The number of pyridine rings is 1. The summed E-state index contributed by atoms with van der Waals surface area (Å²) in [6.45, 7) is 3.92. The largest absolute Gasteiger partial charge is 0.370 e. The number of nitrogens with two attached hydrogens (primary N) is 1. The van der Waals surface area contributed by atoms with Crippen molar-refractivity contribution in [3.63, 3.8) is 0 Å². The van der Waals surface area contributed by atoms with Crippen molar-refractivity contribution in [2.75, 3.05) is 32.1 Å². The second kappa shape index (κ2) is 4.94. The highest BCUT2D eigenvalue weighted by Gasteiger charge is 2.27. The number of nitrogens with zero attached hydrogens (tertiary/aromatic N) is 3. The van der Waals surface area contributed by atoms with Gasteiger partial charge in [0.25, 0.3) is 5.91 Å². The molecule has 0 bridgehead atoms. The molecule has 2 heterocycles. The number of hydrogen-bond donors (Lipinski definition) is 1. The van der Waals surface area contributed by atoms with Gasteiger partial charge in [0.2, 0.25) is 0 Å². The van der Waals surface area contributed by atoms with Crippen molar-refractivity contribution in [3.05, 3.63) is 24.0 Å². The molecular formula is C13H20N4O. The SMILES string of the molecule is CC1CN(c2ccnc(C(=O)N(C)C)c2)CC1N. The van der Waals surface area contributed by atoms with Crippen LogP contribution in [0.3, 0.4) is 0 Å². The lowest BCUT2D eigenvalue weighted by Gasteiger charge is -2.19. The van der Waals surface area contributed by atoms with E-state index in [0.717, 1.165) is 18.8 Å². The number of carbonyl (C=O) groups is 1. The number of carbonyl (C=O) groups excluding carboxylic acids is 1. The summed E-state index contributed by atoms with van der Waals surface area (Å²) in [6.07, 6.45) is 1.68. The fourth-order valence-electron chi connectivity index (χ4n) is 2.16. The molecule has 2 rings (SSSR count).